The van der Waals surface area contributed by atoms with Crippen molar-refractivity contribution in [2.75, 3.05) is 13.1 Å². The van der Waals surface area contributed by atoms with Crippen LogP contribution in [0.15, 0.2) is 41.6 Å². The topological polar surface area (TPSA) is 81.5 Å². The number of pyridine rings is 1. The van der Waals surface area contributed by atoms with Crippen LogP contribution in [0.4, 0.5) is 0 Å². The van der Waals surface area contributed by atoms with Crippen LogP contribution >= 0.6 is 0 Å². The standard InChI is InChI=1S/C16H19N3O4S/c1-18-11-14(24(21,22)19-8-4-5-9-19)10-15(18)16(20)23-12-13-6-2-3-7-17-13/h2-3,6-7,10-11H,4-5,8-9,12H2,1H3. The van der Waals surface area contributed by atoms with Gasteiger partial charge < -0.3 is 9.30 Å². The summed E-state index contributed by atoms with van der Waals surface area (Å²) >= 11 is 0. The van der Waals surface area contributed by atoms with Gasteiger partial charge in [-0.25, -0.2) is 13.2 Å². The molecule has 8 heteroatoms. The van der Waals surface area contributed by atoms with E-state index < -0.39 is 16.0 Å². The van der Waals surface area contributed by atoms with E-state index in [9.17, 15) is 13.2 Å². The fourth-order valence-electron chi connectivity index (χ4n) is 2.65. The van der Waals surface area contributed by atoms with Crippen molar-refractivity contribution >= 4 is 16.0 Å². The zero-order valence-corrected chi connectivity index (χ0v) is 14.2. The number of carbonyl (C=O) groups excluding carboxylic acids is 1. The largest absolute Gasteiger partial charge is 0.455 e. The summed E-state index contributed by atoms with van der Waals surface area (Å²) in [5, 5.41) is 0. The van der Waals surface area contributed by atoms with Gasteiger partial charge in [0.2, 0.25) is 10.0 Å². The zero-order chi connectivity index (χ0) is 17.2. The summed E-state index contributed by atoms with van der Waals surface area (Å²) in [5.74, 6) is -0.578. The molecule has 24 heavy (non-hydrogen) atoms. The lowest BCUT2D eigenvalue weighted by atomic mass is 10.4. The number of rotatable bonds is 5. The molecule has 0 aromatic carbocycles. The molecule has 0 saturated carbocycles. The van der Waals surface area contributed by atoms with Crippen molar-refractivity contribution in [1.29, 1.82) is 0 Å². The maximum Gasteiger partial charge on any atom is 0.355 e. The number of aryl methyl sites for hydroxylation is 1. The van der Waals surface area contributed by atoms with Gasteiger partial charge in [-0.15, -0.1) is 0 Å². The second kappa shape index (κ2) is 6.74. The molecule has 0 unspecified atom stereocenters. The minimum Gasteiger partial charge on any atom is -0.455 e. The molecule has 1 saturated heterocycles. The van der Waals surface area contributed by atoms with Gasteiger partial charge in [0.05, 0.1) is 5.69 Å². The van der Waals surface area contributed by atoms with Crippen molar-refractivity contribution in [1.82, 2.24) is 13.9 Å². The number of ether oxygens (including phenoxy) is 1. The van der Waals surface area contributed by atoms with Crippen molar-refractivity contribution in [2.45, 2.75) is 24.3 Å². The minimum atomic E-state index is -3.55. The first-order valence-electron chi connectivity index (χ1n) is 7.72. The van der Waals surface area contributed by atoms with E-state index in [1.165, 1.54) is 21.1 Å². The van der Waals surface area contributed by atoms with Crippen LogP contribution in [0.2, 0.25) is 0 Å². The van der Waals surface area contributed by atoms with Crippen LogP contribution in [0.3, 0.4) is 0 Å². The van der Waals surface area contributed by atoms with Gasteiger partial charge in [-0.2, -0.15) is 4.31 Å². The van der Waals surface area contributed by atoms with Crippen LogP contribution in [-0.4, -0.2) is 41.3 Å². The summed E-state index contributed by atoms with van der Waals surface area (Å²) in [6.45, 7) is 1.09. The normalized spacial score (nSPS) is 15.5. The summed E-state index contributed by atoms with van der Waals surface area (Å²) in [5.41, 5.74) is 0.827. The Balaban J connectivity index is 1.75. The van der Waals surface area contributed by atoms with E-state index in [0.717, 1.165) is 12.8 Å². The quantitative estimate of drug-likeness (QED) is 0.765. The van der Waals surface area contributed by atoms with Gasteiger partial charge in [0.1, 0.15) is 17.2 Å². The van der Waals surface area contributed by atoms with Gasteiger partial charge in [-0.05, 0) is 31.0 Å². The first-order chi connectivity index (χ1) is 11.5. The van der Waals surface area contributed by atoms with E-state index in [4.69, 9.17) is 4.74 Å². The number of carbonyl (C=O) groups is 1. The van der Waals surface area contributed by atoms with Gasteiger partial charge >= 0.3 is 5.97 Å². The highest BCUT2D eigenvalue weighted by Gasteiger charge is 2.29. The molecule has 2 aromatic heterocycles. The Morgan fingerprint density at radius 3 is 2.71 bits per heavy atom. The molecule has 3 rings (SSSR count). The maximum atomic E-state index is 12.6. The molecule has 1 aliphatic rings. The molecule has 0 amide bonds. The van der Waals surface area contributed by atoms with Crippen molar-refractivity contribution in [3.63, 3.8) is 0 Å². The fourth-order valence-corrected chi connectivity index (χ4v) is 4.24. The fraction of sp³-hybridized carbons (Fsp3) is 0.375. The van der Waals surface area contributed by atoms with Crippen molar-refractivity contribution < 1.29 is 17.9 Å². The number of esters is 1. The molecule has 2 aromatic rings. The first kappa shape index (κ1) is 16.7. The van der Waals surface area contributed by atoms with E-state index in [-0.39, 0.29) is 17.2 Å². The molecule has 1 aliphatic heterocycles. The Morgan fingerprint density at radius 1 is 1.29 bits per heavy atom. The average molecular weight is 349 g/mol. The Bertz CT molecular complexity index is 824. The van der Waals surface area contributed by atoms with Gasteiger partial charge in [-0.3, -0.25) is 4.98 Å². The van der Waals surface area contributed by atoms with Crippen LogP contribution in [0.1, 0.15) is 29.0 Å². The van der Waals surface area contributed by atoms with Crippen LogP contribution in [-0.2, 0) is 28.4 Å². The molecule has 0 radical (unpaired) electrons. The first-order valence-corrected chi connectivity index (χ1v) is 9.16. The number of nitrogens with zero attached hydrogens (tertiary/aromatic N) is 3. The lowest BCUT2D eigenvalue weighted by Gasteiger charge is -2.13. The van der Waals surface area contributed by atoms with Crippen LogP contribution in [0.25, 0.3) is 0 Å². The molecule has 1 fully saturated rings. The van der Waals surface area contributed by atoms with Gasteiger partial charge in [0, 0.05) is 32.5 Å². The van der Waals surface area contributed by atoms with E-state index in [1.54, 1.807) is 31.4 Å². The lowest BCUT2D eigenvalue weighted by molar-refractivity contribution is 0.0456. The predicted octanol–water partition coefficient (Wildman–Crippen LogP) is 1.56. The number of hydrogen-bond donors (Lipinski definition) is 0. The van der Waals surface area contributed by atoms with Gasteiger partial charge in [0.15, 0.2) is 0 Å². The summed E-state index contributed by atoms with van der Waals surface area (Å²) in [7, 11) is -1.92. The second-order valence-electron chi connectivity index (χ2n) is 5.68. The predicted molar refractivity (Wildman–Crippen MR) is 86.8 cm³/mol. The molecule has 7 nitrogen and oxygen atoms in total. The van der Waals surface area contributed by atoms with Crippen LogP contribution in [0, 0.1) is 0 Å². The highest BCUT2D eigenvalue weighted by atomic mass is 32.2. The molecule has 0 bridgehead atoms. The molecular formula is C16H19N3O4S. The van der Waals surface area contributed by atoms with Crippen molar-refractivity contribution in [2.24, 2.45) is 7.05 Å². The van der Waals surface area contributed by atoms with Crippen molar-refractivity contribution in [3.05, 3.63) is 48.0 Å². The molecule has 128 valence electrons. The Labute approximate surface area is 140 Å². The minimum absolute atomic E-state index is 0.0407. The molecule has 3 heterocycles. The molecule has 0 spiro atoms. The van der Waals surface area contributed by atoms with Crippen LogP contribution < -0.4 is 0 Å². The summed E-state index contributed by atoms with van der Waals surface area (Å²) in [4.78, 5) is 16.4. The third-order valence-electron chi connectivity index (χ3n) is 3.97. The van der Waals surface area contributed by atoms with Crippen LogP contribution in [0.5, 0.6) is 0 Å². The third kappa shape index (κ3) is 3.34. The monoisotopic (exact) mass is 349 g/mol. The van der Waals surface area contributed by atoms with Gasteiger partial charge in [-0.1, -0.05) is 6.07 Å². The Morgan fingerprint density at radius 2 is 2.04 bits per heavy atom. The Kier molecular flexibility index (Phi) is 4.68. The van der Waals surface area contributed by atoms with E-state index >= 15 is 0 Å². The number of sulfonamides is 1. The lowest BCUT2D eigenvalue weighted by Crippen LogP contribution is -2.27. The number of aromatic nitrogens is 2. The molecular weight excluding hydrogens is 330 g/mol. The average Bonchev–Trinajstić information content (AvgIpc) is 3.24. The number of hydrogen-bond acceptors (Lipinski definition) is 5. The molecule has 0 atom stereocenters. The van der Waals surface area contributed by atoms with Gasteiger partial charge in [0.25, 0.3) is 0 Å². The highest BCUT2D eigenvalue weighted by Crippen LogP contribution is 2.22. The summed E-state index contributed by atoms with van der Waals surface area (Å²) in [6.07, 6.45) is 4.80. The van der Waals surface area contributed by atoms with E-state index in [0.29, 0.717) is 18.8 Å². The molecule has 0 N–H and O–H groups in total. The smallest absolute Gasteiger partial charge is 0.355 e. The highest BCUT2D eigenvalue weighted by molar-refractivity contribution is 7.89. The van der Waals surface area contributed by atoms with E-state index in [1.807, 2.05) is 0 Å². The maximum absolute atomic E-state index is 12.6. The second-order valence-corrected chi connectivity index (χ2v) is 7.62. The third-order valence-corrected chi connectivity index (χ3v) is 5.83. The summed E-state index contributed by atoms with van der Waals surface area (Å²) in [6, 6.07) is 6.70. The van der Waals surface area contributed by atoms with E-state index in [2.05, 4.69) is 4.98 Å². The summed E-state index contributed by atoms with van der Waals surface area (Å²) < 4.78 is 33.2. The SMILES string of the molecule is Cn1cc(S(=O)(=O)N2CCCC2)cc1C(=O)OCc1ccccn1. The van der Waals surface area contributed by atoms with Crippen molar-refractivity contribution in [3.8, 4) is 0 Å². The Hall–Kier alpha value is -2.19. The zero-order valence-electron chi connectivity index (χ0n) is 13.4. The molecule has 0 aliphatic carbocycles.